The third kappa shape index (κ3) is 6.19. The van der Waals surface area contributed by atoms with Gasteiger partial charge in [-0.25, -0.2) is 0 Å². The lowest BCUT2D eigenvalue weighted by molar-refractivity contribution is 0.0953. The van der Waals surface area contributed by atoms with Gasteiger partial charge >= 0.3 is 0 Å². The van der Waals surface area contributed by atoms with E-state index in [1.165, 1.54) is 6.07 Å². The molecular weight excluding hydrogens is 308 g/mol. The summed E-state index contributed by atoms with van der Waals surface area (Å²) in [6, 6.07) is 4.66. The number of rotatable bonds is 9. The number of benzene rings is 1. The van der Waals surface area contributed by atoms with Crippen molar-refractivity contribution in [3.05, 3.63) is 28.8 Å². The lowest BCUT2D eigenvalue weighted by Crippen LogP contribution is -2.38. The fraction of sp³-hybridized carbons (Fsp3) is 0.533. The first-order chi connectivity index (χ1) is 10.5. The van der Waals surface area contributed by atoms with Crippen LogP contribution in [0, 0.1) is 0 Å². The molecule has 0 fully saturated rings. The fourth-order valence-electron chi connectivity index (χ4n) is 1.67. The molecule has 1 amide bonds. The smallest absolute Gasteiger partial charge is 0.251 e. The summed E-state index contributed by atoms with van der Waals surface area (Å²) in [5.41, 5.74) is 0.457. The van der Waals surface area contributed by atoms with Crippen LogP contribution in [-0.2, 0) is 0 Å². The van der Waals surface area contributed by atoms with Crippen LogP contribution in [0.1, 0.15) is 24.2 Å². The van der Waals surface area contributed by atoms with Crippen LogP contribution < -0.4 is 15.4 Å². The summed E-state index contributed by atoms with van der Waals surface area (Å²) in [6.45, 7) is 4.55. The SMILES string of the molecule is CCNC(=O)c1ccc(OCC(O)CNC(C)CO)c(Cl)c1. The van der Waals surface area contributed by atoms with E-state index in [-0.39, 0.29) is 25.2 Å². The van der Waals surface area contributed by atoms with Crippen LogP contribution in [0.2, 0.25) is 5.02 Å². The Bertz CT molecular complexity index is 485. The Labute approximate surface area is 135 Å². The number of nitrogens with one attached hydrogen (secondary N) is 2. The largest absolute Gasteiger partial charge is 0.489 e. The van der Waals surface area contributed by atoms with Gasteiger partial charge in [0.25, 0.3) is 5.91 Å². The van der Waals surface area contributed by atoms with Crippen molar-refractivity contribution in [1.82, 2.24) is 10.6 Å². The molecule has 0 saturated carbocycles. The van der Waals surface area contributed by atoms with E-state index < -0.39 is 6.10 Å². The van der Waals surface area contributed by atoms with Gasteiger partial charge in [0.15, 0.2) is 0 Å². The first kappa shape index (κ1) is 18.7. The second kappa shape index (κ2) is 9.63. The second-order valence-corrected chi connectivity index (χ2v) is 5.37. The molecule has 0 aliphatic heterocycles. The third-order valence-electron chi connectivity index (χ3n) is 2.94. The Morgan fingerprint density at radius 1 is 1.45 bits per heavy atom. The molecule has 4 N–H and O–H groups in total. The molecule has 2 atom stereocenters. The highest BCUT2D eigenvalue weighted by Crippen LogP contribution is 2.25. The van der Waals surface area contributed by atoms with Crippen LogP contribution in [0.25, 0.3) is 0 Å². The van der Waals surface area contributed by atoms with Crippen LogP contribution >= 0.6 is 11.6 Å². The highest BCUT2D eigenvalue weighted by atomic mass is 35.5. The molecule has 1 rings (SSSR count). The van der Waals surface area contributed by atoms with Gasteiger partial charge in [0.1, 0.15) is 18.5 Å². The van der Waals surface area contributed by atoms with Crippen molar-refractivity contribution >= 4 is 17.5 Å². The van der Waals surface area contributed by atoms with E-state index in [4.69, 9.17) is 21.4 Å². The van der Waals surface area contributed by atoms with E-state index in [0.29, 0.717) is 29.4 Å². The number of halogens is 1. The van der Waals surface area contributed by atoms with Crippen LogP contribution in [0.15, 0.2) is 18.2 Å². The molecule has 2 unspecified atom stereocenters. The highest BCUT2D eigenvalue weighted by Gasteiger charge is 2.11. The number of hydrogen-bond acceptors (Lipinski definition) is 5. The normalized spacial score (nSPS) is 13.5. The predicted octanol–water partition coefficient (Wildman–Crippen LogP) is 0.800. The summed E-state index contributed by atoms with van der Waals surface area (Å²) in [5.74, 6) is 0.210. The summed E-state index contributed by atoms with van der Waals surface area (Å²) in [7, 11) is 0. The number of aliphatic hydroxyl groups excluding tert-OH is 2. The van der Waals surface area contributed by atoms with Crippen LogP contribution in [-0.4, -0.2) is 54.6 Å². The van der Waals surface area contributed by atoms with Crippen molar-refractivity contribution in [2.24, 2.45) is 0 Å². The van der Waals surface area contributed by atoms with Crippen LogP contribution in [0.5, 0.6) is 5.75 Å². The molecule has 0 heterocycles. The van der Waals surface area contributed by atoms with E-state index in [0.717, 1.165) is 0 Å². The van der Waals surface area contributed by atoms with Crippen molar-refractivity contribution in [1.29, 1.82) is 0 Å². The summed E-state index contributed by atoms with van der Waals surface area (Å²) in [5, 5.41) is 24.6. The molecule has 1 aromatic rings. The Balaban J connectivity index is 2.51. The Morgan fingerprint density at radius 3 is 2.77 bits per heavy atom. The molecule has 0 aliphatic carbocycles. The molecule has 0 radical (unpaired) electrons. The minimum atomic E-state index is -0.729. The molecule has 7 heteroatoms. The zero-order chi connectivity index (χ0) is 16.5. The molecule has 0 aromatic heterocycles. The minimum Gasteiger partial charge on any atom is -0.489 e. The number of aliphatic hydroxyl groups is 2. The summed E-state index contributed by atoms with van der Waals surface area (Å²) >= 11 is 6.07. The minimum absolute atomic E-state index is 0.000686. The third-order valence-corrected chi connectivity index (χ3v) is 3.23. The van der Waals surface area contributed by atoms with Crippen molar-refractivity contribution < 1.29 is 19.7 Å². The molecule has 0 aliphatic rings. The molecule has 6 nitrogen and oxygen atoms in total. The number of amides is 1. The average molecular weight is 331 g/mol. The number of hydrogen-bond donors (Lipinski definition) is 4. The van der Waals surface area contributed by atoms with Crippen LogP contribution in [0.4, 0.5) is 0 Å². The summed E-state index contributed by atoms with van der Waals surface area (Å²) < 4.78 is 5.44. The lowest BCUT2D eigenvalue weighted by Gasteiger charge is -2.16. The molecular formula is C15H23ClN2O4. The highest BCUT2D eigenvalue weighted by molar-refractivity contribution is 6.32. The van der Waals surface area contributed by atoms with Gasteiger partial charge in [-0.2, -0.15) is 0 Å². The molecule has 22 heavy (non-hydrogen) atoms. The van der Waals surface area contributed by atoms with Gasteiger partial charge in [0, 0.05) is 24.7 Å². The predicted molar refractivity (Wildman–Crippen MR) is 85.5 cm³/mol. The van der Waals surface area contributed by atoms with Gasteiger partial charge in [0.2, 0.25) is 0 Å². The van der Waals surface area contributed by atoms with Gasteiger partial charge in [-0.05, 0) is 32.0 Å². The molecule has 1 aromatic carbocycles. The Hall–Kier alpha value is -1.34. The zero-order valence-electron chi connectivity index (χ0n) is 12.8. The van der Waals surface area contributed by atoms with E-state index in [1.807, 2.05) is 13.8 Å². The first-order valence-corrected chi connectivity index (χ1v) is 7.58. The van der Waals surface area contributed by atoms with E-state index >= 15 is 0 Å². The van der Waals surface area contributed by atoms with Crippen LogP contribution in [0.3, 0.4) is 0 Å². The standard InChI is InChI=1S/C15H23ClN2O4/c1-3-17-15(21)11-4-5-14(13(16)6-11)22-9-12(20)7-18-10(2)8-19/h4-6,10,12,18-20H,3,7-9H2,1-2H3,(H,17,21). The number of carbonyl (C=O) groups excluding carboxylic acids is 1. The fourth-order valence-corrected chi connectivity index (χ4v) is 1.90. The van der Waals surface area contributed by atoms with E-state index in [9.17, 15) is 9.90 Å². The monoisotopic (exact) mass is 330 g/mol. The maximum Gasteiger partial charge on any atom is 0.251 e. The van der Waals surface area contributed by atoms with Crippen molar-refractivity contribution in [2.75, 3.05) is 26.3 Å². The van der Waals surface area contributed by atoms with Crippen molar-refractivity contribution in [3.8, 4) is 5.75 Å². The van der Waals surface area contributed by atoms with Gasteiger partial charge in [0.05, 0.1) is 11.6 Å². The Kier molecular flexibility index (Phi) is 8.19. The maximum absolute atomic E-state index is 11.7. The summed E-state index contributed by atoms with van der Waals surface area (Å²) in [4.78, 5) is 11.7. The van der Waals surface area contributed by atoms with Gasteiger partial charge < -0.3 is 25.6 Å². The number of carbonyl (C=O) groups is 1. The first-order valence-electron chi connectivity index (χ1n) is 7.20. The van der Waals surface area contributed by atoms with Gasteiger partial charge in [-0.15, -0.1) is 0 Å². The quantitative estimate of drug-likeness (QED) is 0.537. The summed E-state index contributed by atoms with van der Waals surface area (Å²) in [6.07, 6.45) is -0.729. The molecule has 0 spiro atoms. The van der Waals surface area contributed by atoms with Crippen molar-refractivity contribution in [2.45, 2.75) is 26.0 Å². The lowest BCUT2D eigenvalue weighted by atomic mass is 10.2. The maximum atomic E-state index is 11.7. The number of ether oxygens (including phenoxy) is 1. The Morgan fingerprint density at radius 2 is 2.18 bits per heavy atom. The zero-order valence-corrected chi connectivity index (χ0v) is 13.6. The average Bonchev–Trinajstić information content (AvgIpc) is 2.51. The van der Waals surface area contributed by atoms with Gasteiger partial charge in [-0.1, -0.05) is 11.6 Å². The molecule has 0 saturated heterocycles. The van der Waals surface area contributed by atoms with Gasteiger partial charge in [-0.3, -0.25) is 4.79 Å². The van der Waals surface area contributed by atoms with E-state index in [2.05, 4.69) is 10.6 Å². The van der Waals surface area contributed by atoms with Crippen molar-refractivity contribution in [3.63, 3.8) is 0 Å². The molecule has 0 bridgehead atoms. The topological polar surface area (TPSA) is 90.8 Å². The second-order valence-electron chi connectivity index (χ2n) is 4.96. The van der Waals surface area contributed by atoms with E-state index in [1.54, 1.807) is 12.1 Å². The molecule has 124 valence electrons.